The number of likely N-dealkylation sites (N-methyl/N-ethyl adjacent to an activating group) is 1. The third-order valence-electron chi connectivity index (χ3n) is 4.16. The number of guanidine groups is 1. The molecule has 0 aliphatic heterocycles. The van der Waals surface area contributed by atoms with Crippen molar-refractivity contribution in [2.45, 2.75) is 13.0 Å². The molecule has 1 N–H and O–H groups in total. The van der Waals surface area contributed by atoms with Gasteiger partial charge in [-0.2, -0.15) is 0 Å². The van der Waals surface area contributed by atoms with Crippen LogP contribution in [0, 0.1) is 5.82 Å². The van der Waals surface area contributed by atoms with E-state index < -0.39 is 5.82 Å². The van der Waals surface area contributed by atoms with E-state index in [0.717, 1.165) is 24.5 Å². The number of rotatable bonds is 7. The molecule has 2 aromatic heterocycles. The molecule has 0 atom stereocenters. The smallest absolute Gasteiger partial charge is 0.193 e. The van der Waals surface area contributed by atoms with E-state index >= 15 is 0 Å². The van der Waals surface area contributed by atoms with Crippen molar-refractivity contribution in [3.8, 4) is 11.5 Å². The molecule has 28 heavy (non-hydrogen) atoms. The Balaban J connectivity index is 1.54. The average molecular weight is 399 g/mol. The van der Waals surface area contributed by atoms with Crippen molar-refractivity contribution in [2.75, 3.05) is 20.6 Å². The number of benzene rings is 1. The van der Waals surface area contributed by atoms with Gasteiger partial charge in [0, 0.05) is 38.3 Å². The monoisotopic (exact) mass is 398 g/mol. The van der Waals surface area contributed by atoms with Gasteiger partial charge in [-0.1, -0.05) is 12.1 Å². The van der Waals surface area contributed by atoms with Crippen molar-refractivity contribution in [3.05, 3.63) is 76.5 Å². The number of thiophene rings is 1. The van der Waals surface area contributed by atoms with Crippen LogP contribution < -0.4 is 10.1 Å². The lowest BCUT2D eigenvalue weighted by molar-refractivity contribution is 0.439. The number of aliphatic imine (C=N–C) groups is 1. The van der Waals surface area contributed by atoms with Crippen LogP contribution in [0.3, 0.4) is 0 Å². The fraction of sp³-hybridized carbons (Fsp3) is 0.238. The number of aromatic nitrogens is 1. The van der Waals surface area contributed by atoms with Crippen LogP contribution in [0.15, 0.2) is 65.2 Å². The number of nitrogens with zero attached hydrogens (tertiary/aromatic N) is 3. The molecule has 0 saturated heterocycles. The average Bonchev–Trinajstić information content (AvgIpc) is 3.23. The predicted molar refractivity (Wildman–Crippen MR) is 112 cm³/mol. The van der Waals surface area contributed by atoms with Gasteiger partial charge in [0.2, 0.25) is 0 Å². The summed E-state index contributed by atoms with van der Waals surface area (Å²) in [5, 5.41) is 5.36. The zero-order valence-corrected chi connectivity index (χ0v) is 16.7. The molecule has 0 saturated carbocycles. The Morgan fingerprint density at radius 1 is 1.29 bits per heavy atom. The molecule has 146 valence electrons. The highest BCUT2D eigenvalue weighted by atomic mass is 32.1. The van der Waals surface area contributed by atoms with E-state index in [0.29, 0.717) is 12.3 Å². The second-order valence-corrected chi connectivity index (χ2v) is 7.24. The van der Waals surface area contributed by atoms with Crippen LogP contribution >= 0.6 is 11.3 Å². The van der Waals surface area contributed by atoms with Crippen molar-refractivity contribution in [1.82, 2.24) is 15.2 Å². The number of hydrogen-bond acceptors (Lipinski definition) is 4. The molecule has 3 rings (SSSR count). The second-order valence-electron chi connectivity index (χ2n) is 6.21. The van der Waals surface area contributed by atoms with E-state index in [4.69, 9.17) is 4.74 Å². The van der Waals surface area contributed by atoms with Gasteiger partial charge in [-0.3, -0.25) is 9.98 Å². The summed E-state index contributed by atoms with van der Waals surface area (Å²) in [5.74, 6) is 1.03. The molecule has 3 aromatic rings. The molecule has 0 spiro atoms. The summed E-state index contributed by atoms with van der Waals surface area (Å²) in [6.07, 6.45) is 4.15. The standard InChI is InChI=1S/C21H23FN4OS/c1-23-21(26(2)11-9-18-6-4-12-28-18)25-14-16-7-8-20(19(22)13-16)27-17-5-3-10-24-15-17/h3-8,10,12-13,15H,9,11,14H2,1-2H3,(H,23,25). The molecular weight excluding hydrogens is 375 g/mol. The van der Waals surface area contributed by atoms with Gasteiger partial charge in [0.1, 0.15) is 5.75 Å². The maximum Gasteiger partial charge on any atom is 0.193 e. The normalized spacial score (nSPS) is 11.3. The molecule has 0 unspecified atom stereocenters. The van der Waals surface area contributed by atoms with E-state index in [1.54, 1.807) is 49.0 Å². The molecule has 0 aliphatic rings. The first-order chi connectivity index (χ1) is 13.7. The number of ether oxygens (including phenoxy) is 1. The number of halogens is 1. The molecule has 0 aliphatic carbocycles. The van der Waals surface area contributed by atoms with Crippen molar-refractivity contribution < 1.29 is 9.13 Å². The molecule has 0 radical (unpaired) electrons. The lowest BCUT2D eigenvalue weighted by atomic mass is 10.2. The highest BCUT2D eigenvalue weighted by molar-refractivity contribution is 7.09. The van der Waals surface area contributed by atoms with Crippen LogP contribution in [-0.2, 0) is 13.0 Å². The highest BCUT2D eigenvalue weighted by Crippen LogP contribution is 2.24. The van der Waals surface area contributed by atoms with Gasteiger partial charge in [-0.25, -0.2) is 4.39 Å². The van der Waals surface area contributed by atoms with Gasteiger partial charge < -0.3 is 15.0 Å². The molecule has 1 aromatic carbocycles. The summed E-state index contributed by atoms with van der Waals surface area (Å²) in [7, 11) is 3.74. The largest absolute Gasteiger partial charge is 0.453 e. The number of pyridine rings is 1. The van der Waals surface area contributed by atoms with Crippen LogP contribution in [0.1, 0.15) is 10.4 Å². The second kappa shape index (κ2) is 9.85. The fourth-order valence-corrected chi connectivity index (χ4v) is 3.37. The van der Waals surface area contributed by atoms with Crippen LogP contribution in [0.2, 0.25) is 0 Å². The van der Waals surface area contributed by atoms with Crippen LogP contribution in [0.4, 0.5) is 4.39 Å². The molecule has 0 amide bonds. The first-order valence-electron chi connectivity index (χ1n) is 8.96. The lowest BCUT2D eigenvalue weighted by Gasteiger charge is -2.22. The molecule has 2 heterocycles. The van der Waals surface area contributed by atoms with Crippen molar-refractivity contribution in [1.29, 1.82) is 0 Å². The van der Waals surface area contributed by atoms with E-state index in [-0.39, 0.29) is 5.75 Å². The predicted octanol–water partition coefficient (Wildman–Crippen LogP) is 4.32. The minimum Gasteiger partial charge on any atom is -0.453 e. The zero-order valence-electron chi connectivity index (χ0n) is 15.9. The minimum absolute atomic E-state index is 0.175. The Morgan fingerprint density at radius 2 is 2.18 bits per heavy atom. The highest BCUT2D eigenvalue weighted by Gasteiger charge is 2.09. The fourth-order valence-electron chi connectivity index (χ4n) is 2.68. The quantitative estimate of drug-likeness (QED) is 0.476. The SMILES string of the molecule is CN=C(NCc1ccc(Oc2cccnc2)c(F)c1)N(C)CCc1cccs1. The Bertz CT molecular complexity index is 900. The zero-order chi connectivity index (χ0) is 19.8. The minimum atomic E-state index is -0.413. The lowest BCUT2D eigenvalue weighted by Crippen LogP contribution is -2.39. The molecule has 0 fully saturated rings. The third kappa shape index (κ3) is 5.53. The van der Waals surface area contributed by atoms with E-state index in [1.807, 2.05) is 13.1 Å². The van der Waals surface area contributed by atoms with Crippen molar-refractivity contribution in [2.24, 2.45) is 4.99 Å². The van der Waals surface area contributed by atoms with Gasteiger partial charge in [-0.15, -0.1) is 11.3 Å². The van der Waals surface area contributed by atoms with E-state index in [9.17, 15) is 4.39 Å². The van der Waals surface area contributed by atoms with E-state index in [1.165, 1.54) is 10.9 Å². The van der Waals surface area contributed by atoms with Gasteiger partial charge in [-0.05, 0) is 47.7 Å². The summed E-state index contributed by atoms with van der Waals surface area (Å²) in [4.78, 5) is 11.7. The van der Waals surface area contributed by atoms with Gasteiger partial charge in [0.25, 0.3) is 0 Å². The topological polar surface area (TPSA) is 49.8 Å². The van der Waals surface area contributed by atoms with Crippen molar-refractivity contribution in [3.63, 3.8) is 0 Å². The Morgan fingerprint density at radius 3 is 2.86 bits per heavy atom. The van der Waals surface area contributed by atoms with Gasteiger partial charge in [0.05, 0.1) is 6.20 Å². The van der Waals surface area contributed by atoms with Crippen LogP contribution in [-0.4, -0.2) is 36.5 Å². The third-order valence-corrected chi connectivity index (χ3v) is 5.09. The molecule has 0 bridgehead atoms. The molecule has 7 heteroatoms. The summed E-state index contributed by atoms with van der Waals surface area (Å²) < 4.78 is 19.9. The summed E-state index contributed by atoms with van der Waals surface area (Å²) in [6.45, 7) is 1.33. The van der Waals surface area contributed by atoms with Gasteiger partial charge in [0.15, 0.2) is 17.5 Å². The van der Waals surface area contributed by atoms with E-state index in [2.05, 4.69) is 37.7 Å². The van der Waals surface area contributed by atoms with Gasteiger partial charge >= 0.3 is 0 Å². The molecular formula is C21H23FN4OS. The van der Waals surface area contributed by atoms with Crippen molar-refractivity contribution >= 4 is 17.3 Å². The summed E-state index contributed by atoms with van der Waals surface area (Å²) in [5.41, 5.74) is 0.809. The van der Waals surface area contributed by atoms with Crippen LogP contribution in [0.5, 0.6) is 11.5 Å². The number of hydrogen-bond donors (Lipinski definition) is 1. The maximum atomic E-state index is 14.4. The first-order valence-corrected chi connectivity index (χ1v) is 9.84. The molecule has 5 nitrogen and oxygen atoms in total. The Hall–Kier alpha value is -2.93. The summed E-state index contributed by atoms with van der Waals surface area (Å²) in [6, 6.07) is 12.6. The number of nitrogens with one attached hydrogen (secondary N) is 1. The Labute approximate surface area is 168 Å². The van der Waals surface area contributed by atoms with Crippen LogP contribution in [0.25, 0.3) is 0 Å². The Kier molecular flexibility index (Phi) is 6.97. The summed E-state index contributed by atoms with van der Waals surface area (Å²) >= 11 is 1.75. The first kappa shape index (κ1) is 19.8. The maximum absolute atomic E-state index is 14.4.